The minimum Gasteiger partial charge on any atom is -0.313 e. The fourth-order valence-electron chi connectivity index (χ4n) is 4.38. The van der Waals surface area contributed by atoms with Gasteiger partial charge in [-0.15, -0.1) is 0 Å². The molecule has 0 amide bonds. The van der Waals surface area contributed by atoms with Crippen LogP contribution in [0, 0.1) is 5.92 Å². The molecule has 4 rings (SSSR count). The third-order valence-corrected chi connectivity index (χ3v) is 5.55. The molecule has 2 aromatic carbocycles. The smallest absolute Gasteiger partial charge is 0.313 e. The predicted molar refractivity (Wildman–Crippen MR) is 87.9 cm³/mol. The Labute approximate surface area is 139 Å². The van der Waals surface area contributed by atoms with Crippen molar-refractivity contribution in [2.45, 2.75) is 37.4 Å². The molecule has 1 aliphatic carbocycles. The first-order valence-corrected chi connectivity index (χ1v) is 8.50. The van der Waals surface area contributed by atoms with E-state index < -0.39 is 11.7 Å². The summed E-state index contributed by atoms with van der Waals surface area (Å²) in [4.78, 5) is 0. The van der Waals surface area contributed by atoms with Gasteiger partial charge in [0.15, 0.2) is 0 Å². The summed E-state index contributed by atoms with van der Waals surface area (Å²) in [6, 6.07) is 15.1. The Hall–Kier alpha value is -1.81. The number of fused-ring (bicyclic) bond motifs is 3. The van der Waals surface area contributed by atoms with E-state index in [-0.39, 0.29) is 0 Å². The van der Waals surface area contributed by atoms with Gasteiger partial charge in [0.05, 0.1) is 5.56 Å². The van der Waals surface area contributed by atoms with Crippen LogP contribution in [0.25, 0.3) is 0 Å². The molecule has 0 aromatic heterocycles. The van der Waals surface area contributed by atoms with E-state index in [0.29, 0.717) is 17.9 Å². The lowest BCUT2D eigenvalue weighted by Crippen LogP contribution is -2.31. The number of nitrogens with one attached hydrogen (secondary N) is 1. The average Bonchev–Trinajstić information content (AvgIpc) is 2.98. The van der Waals surface area contributed by atoms with Gasteiger partial charge in [0.2, 0.25) is 0 Å². The molecule has 2 aliphatic rings. The lowest BCUT2D eigenvalue weighted by Gasteiger charge is -2.31. The van der Waals surface area contributed by atoms with Crippen LogP contribution >= 0.6 is 0 Å². The van der Waals surface area contributed by atoms with Crippen LogP contribution in [0.5, 0.6) is 0 Å². The fourth-order valence-corrected chi connectivity index (χ4v) is 4.38. The quantitative estimate of drug-likeness (QED) is 0.850. The van der Waals surface area contributed by atoms with Crippen molar-refractivity contribution in [1.82, 2.24) is 5.32 Å². The van der Waals surface area contributed by atoms with Crippen molar-refractivity contribution in [2.75, 3.05) is 6.54 Å². The number of benzene rings is 2. The van der Waals surface area contributed by atoms with Crippen LogP contribution in [-0.2, 0) is 19.0 Å². The van der Waals surface area contributed by atoms with E-state index in [2.05, 4.69) is 29.6 Å². The molecule has 4 heteroatoms. The minimum atomic E-state index is -4.25. The highest BCUT2D eigenvalue weighted by Crippen LogP contribution is 2.43. The number of aryl methyl sites for hydroxylation is 1. The molecular formula is C20H20F3N. The average molecular weight is 331 g/mol. The molecular weight excluding hydrogens is 311 g/mol. The van der Waals surface area contributed by atoms with Crippen molar-refractivity contribution < 1.29 is 13.2 Å². The van der Waals surface area contributed by atoms with E-state index in [1.807, 2.05) is 6.07 Å². The summed E-state index contributed by atoms with van der Waals surface area (Å²) in [7, 11) is 0. The van der Waals surface area contributed by atoms with Crippen LogP contribution in [0.15, 0.2) is 48.5 Å². The molecule has 1 aliphatic heterocycles. The summed E-state index contributed by atoms with van der Waals surface area (Å²) in [5.74, 6) is 0.846. The first kappa shape index (κ1) is 15.7. The summed E-state index contributed by atoms with van der Waals surface area (Å²) in [5, 5.41) is 3.61. The van der Waals surface area contributed by atoms with Gasteiger partial charge < -0.3 is 5.32 Å². The van der Waals surface area contributed by atoms with Crippen molar-refractivity contribution in [1.29, 1.82) is 0 Å². The molecule has 1 saturated heterocycles. The zero-order valence-electron chi connectivity index (χ0n) is 13.3. The summed E-state index contributed by atoms with van der Waals surface area (Å²) < 4.78 is 38.8. The van der Waals surface area contributed by atoms with Gasteiger partial charge in [-0.1, -0.05) is 36.4 Å². The predicted octanol–water partition coefficient (Wildman–Crippen LogP) is 4.57. The van der Waals surface area contributed by atoms with Crippen molar-refractivity contribution in [3.05, 3.63) is 70.8 Å². The lowest BCUT2D eigenvalue weighted by atomic mass is 9.73. The Balaban J connectivity index is 1.56. The second-order valence-electron chi connectivity index (χ2n) is 6.92. The molecule has 1 heterocycles. The first-order chi connectivity index (χ1) is 11.5. The van der Waals surface area contributed by atoms with Crippen molar-refractivity contribution in [3.63, 3.8) is 0 Å². The van der Waals surface area contributed by atoms with Crippen LogP contribution < -0.4 is 5.32 Å². The SMILES string of the molecule is FC(F)(F)c1ccc2c(c1)CCC1[C@@H](Cc3ccccc3)NC[C@@H]21. The van der Waals surface area contributed by atoms with E-state index >= 15 is 0 Å². The Morgan fingerprint density at radius 3 is 2.58 bits per heavy atom. The van der Waals surface area contributed by atoms with Crippen LogP contribution in [0.4, 0.5) is 13.2 Å². The summed E-state index contributed by atoms with van der Waals surface area (Å²) in [6.07, 6.45) is -1.56. The number of hydrogen-bond acceptors (Lipinski definition) is 1. The Kier molecular flexibility index (Phi) is 3.87. The molecule has 0 bridgehead atoms. The highest BCUT2D eigenvalue weighted by atomic mass is 19.4. The molecule has 1 fully saturated rings. The second kappa shape index (κ2) is 5.92. The maximum atomic E-state index is 12.9. The van der Waals surface area contributed by atoms with Gasteiger partial charge in [-0.2, -0.15) is 13.2 Å². The lowest BCUT2D eigenvalue weighted by molar-refractivity contribution is -0.137. The molecule has 3 atom stereocenters. The van der Waals surface area contributed by atoms with E-state index in [0.717, 1.165) is 36.9 Å². The van der Waals surface area contributed by atoms with Gasteiger partial charge in [0.1, 0.15) is 0 Å². The molecule has 0 spiro atoms. The molecule has 2 aromatic rings. The van der Waals surface area contributed by atoms with E-state index in [4.69, 9.17) is 0 Å². The van der Waals surface area contributed by atoms with Crippen molar-refractivity contribution in [2.24, 2.45) is 5.92 Å². The Morgan fingerprint density at radius 2 is 1.83 bits per heavy atom. The fraction of sp³-hybridized carbons (Fsp3) is 0.400. The minimum absolute atomic E-state index is 0.338. The summed E-state index contributed by atoms with van der Waals surface area (Å²) in [5.41, 5.74) is 2.79. The third-order valence-electron chi connectivity index (χ3n) is 5.55. The van der Waals surface area contributed by atoms with Crippen molar-refractivity contribution in [3.8, 4) is 0 Å². The van der Waals surface area contributed by atoms with Crippen molar-refractivity contribution >= 4 is 0 Å². The highest BCUT2D eigenvalue weighted by molar-refractivity contribution is 5.39. The topological polar surface area (TPSA) is 12.0 Å². The van der Waals surface area contributed by atoms with E-state index in [9.17, 15) is 13.2 Å². The van der Waals surface area contributed by atoms with Gasteiger partial charge in [0, 0.05) is 18.5 Å². The number of rotatable bonds is 2. The van der Waals surface area contributed by atoms with Gasteiger partial charge in [-0.3, -0.25) is 0 Å². The van der Waals surface area contributed by atoms with Crippen LogP contribution in [0.3, 0.4) is 0 Å². The third kappa shape index (κ3) is 2.84. The molecule has 0 radical (unpaired) electrons. The number of hydrogen-bond donors (Lipinski definition) is 1. The largest absolute Gasteiger partial charge is 0.416 e. The molecule has 1 unspecified atom stereocenters. The summed E-state index contributed by atoms with van der Waals surface area (Å²) >= 11 is 0. The number of alkyl halides is 3. The standard InChI is InChI=1S/C20H20F3N/c21-20(22,23)15-7-9-16-14(11-15)6-8-17-18(16)12-24-19(17)10-13-4-2-1-3-5-13/h1-5,7,9,11,17-19,24H,6,8,10,12H2/t17?,18-,19+/m0/s1. The molecule has 24 heavy (non-hydrogen) atoms. The second-order valence-corrected chi connectivity index (χ2v) is 6.92. The molecule has 1 nitrogen and oxygen atoms in total. The zero-order chi connectivity index (χ0) is 16.7. The van der Waals surface area contributed by atoms with Gasteiger partial charge in [0.25, 0.3) is 0 Å². The van der Waals surface area contributed by atoms with Crippen LogP contribution in [0.2, 0.25) is 0 Å². The Bertz CT molecular complexity index is 723. The van der Waals surface area contributed by atoms with Gasteiger partial charge in [-0.05, 0) is 54.0 Å². The van der Waals surface area contributed by atoms with E-state index in [1.165, 1.54) is 17.7 Å². The van der Waals surface area contributed by atoms with Gasteiger partial charge in [-0.25, -0.2) is 0 Å². The maximum Gasteiger partial charge on any atom is 0.416 e. The summed E-state index contributed by atoms with van der Waals surface area (Å²) in [6.45, 7) is 0.862. The monoisotopic (exact) mass is 331 g/mol. The molecule has 0 saturated carbocycles. The maximum absolute atomic E-state index is 12.9. The van der Waals surface area contributed by atoms with Crippen LogP contribution in [-0.4, -0.2) is 12.6 Å². The number of halogens is 3. The van der Waals surface area contributed by atoms with E-state index in [1.54, 1.807) is 6.07 Å². The first-order valence-electron chi connectivity index (χ1n) is 8.50. The van der Waals surface area contributed by atoms with Crippen LogP contribution in [0.1, 0.15) is 34.6 Å². The Morgan fingerprint density at radius 1 is 1.04 bits per heavy atom. The molecule has 1 N–H and O–H groups in total. The molecule has 126 valence electrons. The zero-order valence-corrected chi connectivity index (χ0v) is 13.3. The normalized spacial score (nSPS) is 26.0. The van der Waals surface area contributed by atoms with Gasteiger partial charge >= 0.3 is 6.18 Å². The highest BCUT2D eigenvalue weighted by Gasteiger charge is 2.40.